The molecule has 4 nitrogen and oxygen atoms in total. The highest BCUT2D eigenvalue weighted by Crippen LogP contribution is 2.48. The van der Waals surface area contributed by atoms with Crippen molar-refractivity contribution in [3.05, 3.63) is 29.3 Å². The maximum Gasteiger partial charge on any atom is 0.174 e. The number of hydrogen-bond donors (Lipinski definition) is 2. The summed E-state index contributed by atoms with van der Waals surface area (Å²) in [5.41, 5.74) is 2.52. The van der Waals surface area contributed by atoms with Crippen LogP contribution in [0.1, 0.15) is 63.0 Å². The van der Waals surface area contributed by atoms with Crippen LogP contribution >= 0.6 is 0 Å². The molecule has 1 saturated carbocycles. The molecule has 0 amide bonds. The molecule has 0 aromatic heterocycles. The van der Waals surface area contributed by atoms with Gasteiger partial charge in [-0.1, -0.05) is 38.3 Å². The predicted octanol–water partition coefficient (Wildman–Crippen LogP) is 4.02. The fourth-order valence-electron chi connectivity index (χ4n) is 5.21. The molecule has 0 aliphatic heterocycles. The summed E-state index contributed by atoms with van der Waals surface area (Å²) in [5, 5.41) is 29.7. The summed E-state index contributed by atoms with van der Waals surface area (Å²) in [6, 6.07) is 8.16. The van der Waals surface area contributed by atoms with Crippen molar-refractivity contribution in [2.45, 2.75) is 76.9 Å². The Balaban J connectivity index is 1.62. The van der Waals surface area contributed by atoms with E-state index < -0.39 is 0 Å². The van der Waals surface area contributed by atoms with Crippen LogP contribution in [-0.4, -0.2) is 29.0 Å². The Bertz CT molecular complexity index is 654. The van der Waals surface area contributed by atoms with Crippen molar-refractivity contribution in [2.75, 3.05) is 6.61 Å². The van der Waals surface area contributed by atoms with Crippen molar-refractivity contribution >= 4 is 0 Å². The maximum atomic E-state index is 10.7. The van der Waals surface area contributed by atoms with Crippen molar-refractivity contribution in [3.63, 3.8) is 0 Å². The van der Waals surface area contributed by atoms with Gasteiger partial charge in [0.25, 0.3) is 0 Å². The maximum absolute atomic E-state index is 10.7. The van der Waals surface area contributed by atoms with Gasteiger partial charge in [-0.3, -0.25) is 0 Å². The second-order valence-corrected chi connectivity index (χ2v) is 8.37. The third kappa shape index (κ3) is 4.83. The monoisotopic (exact) mass is 371 g/mol. The molecule has 2 unspecified atom stereocenters. The summed E-state index contributed by atoms with van der Waals surface area (Å²) in [5.74, 6) is 2.08. The fraction of sp³-hybridized carbons (Fsp3) is 0.696. The molecule has 4 heteroatoms. The topological polar surface area (TPSA) is 73.5 Å². The van der Waals surface area contributed by atoms with Crippen molar-refractivity contribution in [2.24, 2.45) is 17.8 Å². The number of hydrogen-bond acceptors (Lipinski definition) is 4. The average molecular weight is 372 g/mol. The molecule has 5 atom stereocenters. The predicted molar refractivity (Wildman–Crippen MR) is 105 cm³/mol. The van der Waals surface area contributed by atoms with E-state index in [0.717, 1.165) is 50.7 Å². The van der Waals surface area contributed by atoms with E-state index in [2.05, 4.69) is 13.0 Å². The van der Waals surface area contributed by atoms with E-state index in [1.807, 2.05) is 18.2 Å². The normalized spacial score (nSPS) is 27.5. The zero-order valence-corrected chi connectivity index (χ0v) is 16.4. The van der Waals surface area contributed by atoms with Gasteiger partial charge in [-0.15, -0.1) is 0 Å². The van der Waals surface area contributed by atoms with Crippen LogP contribution in [0, 0.1) is 29.1 Å². The minimum atomic E-state index is -0.263. The van der Waals surface area contributed by atoms with Gasteiger partial charge in [0.15, 0.2) is 6.61 Å². The minimum Gasteiger partial charge on any atom is -0.478 e. The van der Waals surface area contributed by atoms with Gasteiger partial charge in [-0.05, 0) is 73.5 Å². The van der Waals surface area contributed by atoms with Gasteiger partial charge < -0.3 is 14.9 Å². The van der Waals surface area contributed by atoms with Crippen LogP contribution in [0.4, 0.5) is 0 Å². The number of nitrogens with zero attached hydrogens (tertiary/aromatic N) is 1. The number of ether oxygens (including phenoxy) is 1. The van der Waals surface area contributed by atoms with Gasteiger partial charge in [0.1, 0.15) is 11.8 Å². The number of benzene rings is 1. The highest BCUT2D eigenvalue weighted by molar-refractivity contribution is 5.43. The molecule has 2 aliphatic carbocycles. The molecule has 2 aliphatic rings. The lowest BCUT2D eigenvalue weighted by atomic mass is 9.73. The Morgan fingerprint density at radius 3 is 2.89 bits per heavy atom. The molecule has 0 spiro atoms. The molecule has 3 rings (SSSR count). The first-order chi connectivity index (χ1) is 13.1. The molecule has 0 saturated heterocycles. The van der Waals surface area contributed by atoms with E-state index in [-0.39, 0.29) is 24.7 Å². The number of rotatable bonds is 9. The molecule has 0 bridgehead atoms. The van der Waals surface area contributed by atoms with E-state index in [1.165, 1.54) is 24.0 Å². The molecule has 27 heavy (non-hydrogen) atoms. The third-order valence-electron chi connectivity index (χ3n) is 6.61. The van der Waals surface area contributed by atoms with E-state index in [9.17, 15) is 10.2 Å². The molecule has 1 aromatic carbocycles. The molecular weight excluding hydrogens is 338 g/mol. The lowest BCUT2D eigenvalue weighted by Crippen LogP contribution is -2.28. The molecule has 0 heterocycles. The molecule has 1 fully saturated rings. The average Bonchev–Trinajstić information content (AvgIpc) is 2.97. The summed E-state index contributed by atoms with van der Waals surface area (Å²) >= 11 is 0. The van der Waals surface area contributed by atoms with Crippen LogP contribution < -0.4 is 4.74 Å². The van der Waals surface area contributed by atoms with Crippen molar-refractivity contribution in [1.29, 1.82) is 5.26 Å². The Labute approximate surface area is 163 Å². The second kappa shape index (κ2) is 9.57. The fourth-order valence-corrected chi connectivity index (χ4v) is 5.21. The van der Waals surface area contributed by atoms with Crippen LogP contribution in [0.2, 0.25) is 0 Å². The van der Waals surface area contributed by atoms with Crippen LogP contribution in [0.5, 0.6) is 5.75 Å². The zero-order chi connectivity index (χ0) is 19.2. The summed E-state index contributed by atoms with van der Waals surface area (Å²) in [6.07, 6.45) is 8.29. The number of aliphatic hydroxyl groups excluding tert-OH is 2. The smallest absolute Gasteiger partial charge is 0.174 e. The van der Waals surface area contributed by atoms with E-state index >= 15 is 0 Å². The molecule has 2 N–H and O–H groups in total. The highest BCUT2D eigenvalue weighted by atomic mass is 16.5. The van der Waals surface area contributed by atoms with Gasteiger partial charge in [-0.2, -0.15) is 5.26 Å². The van der Waals surface area contributed by atoms with Gasteiger partial charge in [-0.25, -0.2) is 0 Å². The number of unbranched alkanes of at least 4 members (excludes halogenated alkanes) is 2. The quantitative estimate of drug-likeness (QED) is 0.643. The summed E-state index contributed by atoms with van der Waals surface area (Å²) in [6.45, 7) is 2.25. The second-order valence-electron chi connectivity index (χ2n) is 8.37. The first-order valence-corrected chi connectivity index (χ1v) is 10.6. The Morgan fingerprint density at radius 2 is 2.11 bits per heavy atom. The Morgan fingerprint density at radius 1 is 1.26 bits per heavy atom. The van der Waals surface area contributed by atoms with Crippen LogP contribution in [0.15, 0.2) is 18.2 Å². The first-order valence-electron chi connectivity index (χ1n) is 10.6. The van der Waals surface area contributed by atoms with Crippen molar-refractivity contribution in [3.8, 4) is 11.8 Å². The Hall–Kier alpha value is -1.57. The van der Waals surface area contributed by atoms with Crippen LogP contribution in [-0.2, 0) is 12.8 Å². The van der Waals surface area contributed by atoms with E-state index in [1.54, 1.807) is 0 Å². The van der Waals surface area contributed by atoms with Crippen LogP contribution in [0.25, 0.3) is 0 Å². The Kier molecular flexibility index (Phi) is 7.15. The van der Waals surface area contributed by atoms with Crippen molar-refractivity contribution < 1.29 is 14.9 Å². The number of aliphatic hydroxyl groups is 2. The summed E-state index contributed by atoms with van der Waals surface area (Å²) in [4.78, 5) is 0. The SMILES string of the molecule is CCCCC[C@@H](O)CCC1[C@H]2Cc3cccc(OCC#N)c3CC2C[C@H]1O. The highest BCUT2D eigenvalue weighted by Gasteiger charge is 2.44. The largest absolute Gasteiger partial charge is 0.478 e. The van der Waals surface area contributed by atoms with E-state index in [4.69, 9.17) is 10.00 Å². The van der Waals surface area contributed by atoms with E-state index in [0.29, 0.717) is 11.8 Å². The third-order valence-corrected chi connectivity index (χ3v) is 6.61. The number of fused-ring (bicyclic) bond motifs is 2. The van der Waals surface area contributed by atoms with Gasteiger partial charge in [0.2, 0.25) is 0 Å². The summed E-state index contributed by atoms with van der Waals surface area (Å²) < 4.78 is 5.62. The first kappa shape index (κ1) is 20.2. The molecule has 0 radical (unpaired) electrons. The van der Waals surface area contributed by atoms with Gasteiger partial charge >= 0.3 is 0 Å². The lowest BCUT2D eigenvalue weighted by molar-refractivity contribution is 0.0869. The van der Waals surface area contributed by atoms with Gasteiger partial charge in [0.05, 0.1) is 12.2 Å². The number of nitriles is 1. The van der Waals surface area contributed by atoms with Crippen molar-refractivity contribution in [1.82, 2.24) is 0 Å². The molecule has 148 valence electrons. The van der Waals surface area contributed by atoms with Gasteiger partial charge in [0, 0.05) is 0 Å². The summed E-state index contributed by atoms with van der Waals surface area (Å²) in [7, 11) is 0. The zero-order valence-electron chi connectivity index (χ0n) is 16.4. The minimum absolute atomic E-state index is 0.0751. The molecular formula is C23H33NO3. The van der Waals surface area contributed by atoms with Crippen LogP contribution in [0.3, 0.4) is 0 Å². The molecule has 1 aromatic rings. The lowest BCUT2D eigenvalue weighted by Gasteiger charge is -2.32. The standard InChI is InChI=1S/C23H33NO3/c1-2-3-4-7-18(25)9-10-19-20-13-16-6-5-8-23(27-12-11-24)21(16)14-17(20)15-22(19)26/h5-6,8,17-20,22,25-26H,2-4,7,9-10,12-15H2,1H3/t17?,18-,19?,20+,22-/m1/s1.